The van der Waals surface area contributed by atoms with Gasteiger partial charge in [-0.1, -0.05) is 12.8 Å². The highest BCUT2D eigenvalue weighted by Crippen LogP contribution is 2.28. The molecule has 0 aromatic heterocycles. The van der Waals surface area contributed by atoms with Gasteiger partial charge in [-0.05, 0) is 50.9 Å². The van der Waals surface area contributed by atoms with Crippen LogP contribution in [-0.2, 0) is 10.0 Å². The molecule has 1 aromatic carbocycles. The fourth-order valence-electron chi connectivity index (χ4n) is 3.90. The van der Waals surface area contributed by atoms with E-state index >= 15 is 0 Å². The number of sulfonamides is 1. The third-order valence-electron chi connectivity index (χ3n) is 5.57. The summed E-state index contributed by atoms with van der Waals surface area (Å²) >= 11 is 0. The van der Waals surface area contributed by atoms with Crippen LogP contribution in [0.5, 0.6) is 5.75 Å². The van der Waals surface area contributed by atoms with E-state index in [0.29, 0.717) is 24.7 Å². The number of benzene rings is 1. The van der Waals surface area contributed by atoms with Gasteiger partial charge in [0.25, 0.3) is 5.91 Å². The molecular formula is C19H30ClN3O4S. The normalized spacial score (nSPS) is 18.7. The van der Waals surface area contributed by atoms with Gasteiger partial charge in [-0.2, -0.15) is 0 Å². The van der Waals surface area contributed by atoms with Crippen LogP contribution < -0.4 is 14.8 Å². The molecule has 2 fully saturated rings. The Morgan fingerprint density at radius 1 is 1.11 bits per heavy atom. The molecule has 9 heteroatoms. The smallest absolute Gasteiger partial charge is 0.253 e. The zero-order valence-electron chi connectivity index (χ0n) is 16.4. The molecule has 1 saturated heterocycles. The number of hydrogen-bond donors (Lipinski definition) is 2. The van der Waals surface area contributed by atoms with Crippen molar-refractivity contribution in [2.75, 3.05) is 27.2 Å². The molecule has 7 nitrogen and oxygen atoms in total. The van der Waals surface area contributed by atoms with Gasteiger partial charge in [0.15, 0.2) is 0 Å². The molecule has 0 radical (unpaired) electrons. The fraction of sp³-hybridized carbons (Fsp3) is 0.632. The second-order valence-corrected chi connectivity index (χ2v) is 9.01. The van der Waals surface area contributed by atoms with Gasteiger partial charge >= 0.3 is 0 Å². The molecule has 0 atom stereocenters. The first-order valence-corrected chi connectivity index (χ1v) is 11.1. The van der Waals surface area contributed by atoms with E-state index in [-0.39, 0.29) is 35.0 Å². The SMILES string of the molecule is CNC1CCN(C(=O)c2ccc(OC)c(S(=O)(=O)NC3CCCC3)c2)CC1.Cl. The van der Waals surface area contributed by atoms with Crippen LogP contribution >= 0.6 is 12.4 Å². The van der Waals surface area contributed by atoms with Gasteiger partial charge in [0.2, 0.25) is 10.0 Å². The van der Waals surface area contributed by atoms with E-state index in [1.807, 2.05) is 7.05 Å². The minimum Gasteiger partial charge on any atom is -0.495 e. The molecule has 0 bridgehead atoms. The first kappa shape index (κ1) is 22.9. The summed E-state index contributed by atoms with van der Waals surface area (Å²) in [6.45, 7) is 1.33. The Bertz CT molecular complexity index is 773. The third kappa shape index (κ3) is 5.17. The Kier molecular flexibility index (Phi) is 8.12. The summed E-state index contributed by atoms with van der Waals surface area (Å²) in [5.41, 5.74) is 0.380. The third-order valence-corrected chi connectivity index (χ3v) is 7.11. The van der Waals surface area contributed by atoms with Crippen LogP contribution in [-0.4, -0.2) is 58.6 Å². The number of nitrogens with zero attached hydrogens (tertiary/aromatic N) is 1. The largest absolute Gasteiger partial charge is 0.495 e. The minimum absolute atomic E-state index is 0. The van der Waals surface area contributed by atoms with Crippen molar-refractivity contribution in [2.45, 2.75) is 55.5 Å². The maximum absolute atomic E-state index is 12.9. The highest BCUT2D eigenvalue weighted by Gasteiger charge is 2.28. The van der Waals surface area contributed by atoms with Crippen molar-refractivity contribution in [1.82, 2.24) is 14.9 Å². The molecule has 3 rings (SSSR count). The van der Waals surface area contributed by atoms with E-state index in [1.165, 1.54) is 13.2 Å². The molecule has 1 amide bonds. The Balaban J connectivity index is 0.00000280. The first-order valence-electron chi connectivity index (χ1n) is 9.61. The second kappa shape index (κ2) is 9.91. The topological polar surface area (TPSA) is 87.7 Å². The number of halogens is 1. The zero-order valence-corrected chi connectivity index (χ0v) is 18.1. The molecule has 0 unspecified atom stereocenters. The Labute approximate surface area is 173 Å². The monoisotopic (exact) mass is 431 g/mol. The van der Waals surface area contributed by atoms with Gasteiger partial charge in [-0.15, -0.1) is 12.4 Å². The number of amides is 1. The van der Waals surface area contributed by atoms with Gasteiger partial charge in [0.05, 0.1) is 7.11 Å². The van der Waals surface area contributed by atoms with E-state index < -0.39 is 10.0 Å². The Morgan fingerprint density at radius 3 is 2.32 bits per heavy atom. The zero-order chi connectivity index (χ0) is 19.4. The second-order valence-electron chi connectivity index (χ2n) is 7.32. The number of methoxy groups -OCH3 is 1. The summed E-state index contributed by atoms with van der Waals surface area (Å²) < 4.78 is 33.8. The average molecular weight is 432 g/mol. The number of carbonyl (C=O) groups excluding carboxylic acids is 1. The van der Waals surface area contributed by atoms with Crippen LogP contribution in [0.2, 0.25) is 0 Å². The molecule has 2 aliphatic rings. The van der Waals surface area contributed by atoms with Gasteiger partial charge < -0.3 is 15.0 Å². The number of nitrogens with one attached hydrogen (secondary N) is 2. The molecule has 1 saturated carbocycles. The number of piperidine rings is 1. The minimum atomic E-state index is -3.74. The number of carbonyl (C=O) groups is 1. The van der Waals surface area contributed by atoms with E-state index in [0.717, 1.165) is 38.5 Å². The Hall–Kier alpha value is -1.35. The lowest BCUT2D eigenvalue weighted by atomic mass is 10.0. The summed E-state index contributed by atoms with van der Waals surface area (Å²) in [5.74, 6) is 0.121. The predicted molar refractivity (Wildman–Crippen MR) is 111 cm³/mol. The molecule has 1 aromatic rings. The van der Waals surface area contributed by atoms with Gasteiger partial charge in [-0.3, -0.25) is 4.79 Å². The highest BCUT2D eigenvalue weighted by molar-refractivity contribution is 7.89. The number of likely N-dealkylation sites (tertiary alicyclic amines) is 1. The summed E-state index contributed by atoms with van der Waals surface area (Å²) in [5, 5.41) is 3.24. The molecule has 1 aliphatic carbocycles. The summed E-state index contributed by atoms with van der Waals surface area (Å²) in [6.07, 6.45) is 5.55. The van der Waals surface area contributed by atoms with E-state index in [2.05, 4.69) is 10.0 Å². The lowest BCUT2D eigenvalue weighted by Gasteiger charge is -2.32. The quantitative estimate of drug-likeness (QED) is 0.720. The van der Waals surface area contributed by atoms with Crippen LogP contribution in [0.1, 0.15) is 48.9 Å². The van der Waals surface area contributed by atoms with Crippen LogP contribution in [0.3, 0.4) is 0 Å². The molecule has 158 valence electrons. The van der Waals surface area contributed by atoms with E-state index in [4.69, 9.17) is 4.74 Å². The predicted octanol–water partition coefficient (Wildman–Crippen LogP) is 2.16. The average Bonchev–Trinajstić information content (AvgIpc) is 3.19. The van der Waals surface area contributed by atoms with Crippen molar-refractivity contribution in [3.8, 4) is 5.75 Å². The fourth-order valence-corrected chi connectivity index (χ4v) is 5.40. The number of rotatable bonds is 6. The van der Waals surface area contributed by atoms with Gasteiger partial charge in [0, 0.05) is 30.7 Å². The number of ether oxygens (including phenoxy) is 1. The van der Waals surface area contributed by atoms with Crippen molar-refractivity contribution in [2.24, 2.45) is 0 Å². The van der Waals surface area contributed by atoms with Crippen LogP contribution in [0, 0.1) is 0 Å². The summed E-state index contributed by atoms with van der Waals surface area (Å²) in [4.78, 5) is 14.7. The van der Waals surface area contributed by atoms with Crippen molar-refractivity contribution in [3.05, 3.63) is 23.8 Å². The molecule has 1 aliphatic heterocycles. The molecule has 28 heavy (non-hydrogen) atoms. The lowest BCUT2D eigenvalue weighted by molar-refractivity contribution is 0.0707. The van der Waals surface area contributed by atoms with Crippen molar-refractivity contribution in [1.29, 1.82) is 0 Å². The van der Waals surface area contributed by atoms with Crippen molar-refractivity contribution in [3.63, 3.8) is 0 Å². The maximum Gasteiger partial charge on any atom is 0.253 e. The summed E-state index contributed by atoms with van der Waals surface area (Å²) in [7, 11) is -0.373. The van der Waals surface area contributed by atoms with Crippen molar-refractivity contribution >= 4 is 28.3 Å². The summed E-state index contributed by atoms with van der Waals surface area (Å²) in [6, 6.07) is 5.04. The van der Waals surface area contributed by atoms with Crippen LogP contribution in [0.4, 0.5) is 0 Å². The van der Waals surface area contributed by atoms with Crippen molar-refractivity contribution < 1.29 is 17.9 Å². The highest BCUT2D eigenvalue weighted by atomic mass is 35.5. The first-order chi connectivity index (χ1) is 12.9. The van der Waals surface area contributed by atoms with Gasteiger partial charge in [0.1, 0.15) is 10.6 Å². The number of hydrogen-bond acceptors (Lipinski definition) is 5. The van der Waals surface area contributed by atoms with E-state index in [1.54, 1.807) is 17.0 Å². The van der Waals surface area contributed by atoms with E-state index in [9.17, 15) is 13.2 Å². The van der Waals surface area contributed by atoms with Crippen LogP contribution in [0.25, 0.3) is 0 Å². The molecule has 0 spiro atoms. The lowest BCUT2D eigenvalue weighted by Crippen LogP contribution is -2.44. The molecule has 1 heterocycles. The standard InChI is InChI=1S/C19H29N3O4S.ClH/c1-20-15-9-11-22(12-10-15)19(23)14-7-8-17(26-2)18(13-14)27(24,25)21-16-5-3-4-6-16;/h7-8,13,15-16,20-21H,3-6,9-12H2,1-2H3;1H. The van der Waals surface area contributed by atoms with Gasteiger partial charge in [-0.25, -0.2) is 13.1 Å². The molecular weight excluding hydrogens is 402 g/mol. The maximum atomic E-state index is 12.9. The molecule has 2 N–H and O–H groups in total. The van der Waals surface area contributed by atoms with Crippen LogP contribution in [0.15, 0.2) is 23.1 Å². The Morgan fingerprint density at radius 2 is 1.75 bits per heavy atom.